The zero-order chi connectivity index (χ0) is 18.2. The summed E-state index contributed by atoms with van der Waals surface area (Å²) in [4.78, 5) is 9.65. The third-order valence-electron chi connectivity index (χ3n) is 3.27. The number of hydrogen-bond acceptors (Lipinski definition) is 4. The van der Waals surface area contributed by atoms with Crippen molar-refractivity contribution in [3.05, 3.63) is 44.9 Å². The molecule has 1 aromatic heterocycles. The molecule has 0 aliphatic carbocycles. The Morgan fingerprint density at radius 1 is 1.35 bits per heavy atom. The molecule has 0 bridgehead atoms. The van der Waals surface area contributed by atoms with Crippen LogP contribution in [0.15, 0.2) is 29.4 Å². The van der Waals surface area contributed by atoms with Gasteiger partial charge in [0, 0.05) is 35.3 Å². The predicted molar refractivity (Wildman–Crippen MR) is 112 cm³/mol. The molecule has 0 unspecified atom stereocenters. The van der Waals surface area contributed by atoms with E-state index in [1.54, 1.807) is 24.5 Å². The maximum Gasteiger partial charge on any atom is 0.387 e. The van der Waals surface area contributed by atoms with Gasteiger partial charge in [0.1, 0.15) is 10.8 Å². The summed E-state index contributed by atoms with van der Waals surface area (Å²) in [6.45, 7) is -0.0503. The zero-order valence-electron chi connectivity index (χ0n) is 14.3. The van der Waals surface area contributed by atoms with Crippen molar-refractivity contribution < 1.29 is 13.5 Å². The molecule has 26 heavy (non-hydrogen) atoms. The number of aliphatic imine (C=N–C) groups is 1. The molecule has 0 saturated carbocycles. The van der Waals surface area contributed by atoms with Crippen molar-refractivity contribution in [3.63, 3.8) is 0 Å². The van der Waals surface area contributed by atoms with Crippen molar-refractivity contribution >= 4 is 52.9 Å². The fraction of sp³-hybridized carbons (Fsp3) is 0.375. The van der Waals surface area contributed by atoms with Crippen LogP contribution in [0.5, 0.6) is 5.75 Å². The van der Waals surface area contributed by atoms with Crippen molar-refractivity contribution in [2.24, 2.45) is 4.99 Å². The van der Waals surface area contributed by atoms with Gasteiger partial charge in [0.25, 0.3) is 0 Å². The number of benzene rings is 1. The van der Waals surface area contributed by atoms with E-state index in [1.807, 2.05) is 6.20 Å². The average Bonchev–Trinajstić information content (AvgIpc) is 3.05. The van der Waals surface area contributed by atoms with Gasteiger partial charge in [0.2, 0.25) is 0 Å². The second kappa shape index (κ2) is 11.5. The number of guanidine groups is 1. The van der Waals surface area contributed by atoms with Crippen LogP contribution >= 0.6 is 46.9 Å². The second-order valence-corrected chi connectivity index (χ2v) is 6.62. The van der Waals surface area contributed by atoms with Gasteiger partial charge in [-0.3, -0.25) is 4.99 Å². The number of rotatable bonds is 7. The Morgan fingerprint density at radius 3 is 2.69 bits per heavy atom. The van der Waals surface area contributed by atoms with E-state index in [0.717, 1.165) is 11.4 Å². The molecule has 0 atom stereocenters. The first-order valence-corrected chi connectivity index (χ1v) is 8.82. The molecule has 144 valence electrons. The number of hydrogen-bond donors (Lipinski definition) is 2. The number of nitrogens with zero attached hydrogens (tertiary/aromatic N) is 2. The van der Waals surface area contributed by atoms with Crippen molar-refractivity contribution in [3.8, 4) is 5.75 Å². The van der Waals surface area contributed by atoms with Gasteiger partial charge in [-0.25, -0.2) is 4.98 Å². The predicted octanol–water partition coefficient (Wildman–Crippen LogP) is 4.44. The molecular formula is C16H20ClF2IN4OS. The summed E-state index contributed by atoms with van der Waals surface area (Å²) in [7, 11) is 1.63. The van der Waals surface area contributed by atoms with Crippen molar-refractivity contribution in [1.82, 2.24) is 15.6 Å². The number of aryl methyl sites for hydroxylation is 1. The second-order valence-electron chi connectivity index (χ2n) is 4.98. The lowest BCUT2D eigenvalue weighted by atomic mass is 10.2. The highest BCUT2D eigenvalue weighted by atomic mass is 127. The average molecular weight is 517 g/mol. The summed E-state index contributed by atoms with van der Waals surface area (Å²) in [5, 5.41) is 7.57. The molecule has 0 aliphatic rings. The van der Waals surface area contributed by atoms with E-state index in [4.69, 9.17) is 11.6 Å². The van der Waals surface area contributed by atoms with Crippen molar-refractivity contribution in [2.75, 3.05) is 7.05 Å². The SMILES string of the molecule is CCc1cnc(CNC(=NC)NCc2cc(Cl)ccc2OC(F)F)s1.I. The van der Waals surface area contributed by atoms with E-state index in [2.05, 4.69) is 32.3 Å². The molecule has 1 aromatic carbocycles. The molecule has 0 radical (unpaired) electrons. The van der Waals surface area contributed by atoms with Gasteiger partial charge in [0.15, 0.2) is 5.96 Å². The molecule has 10 heteroatoms. The lowest BCUT2D eigenvalue weighted by molar-refractivity contribution is -0.0504. The van der Waals surface area contributed by atoms with E-state index in [1.165, 1.54) is 17.0 Å². The lowest BCUT2D eigenvalue weighted by Gasteiger charge is -2.14. The monoisotopic (exact) mass is 516 g/mol. The largest absolute Gasteiger partial charge is 0.434 e. The van der Waals surface area contributed by atoms with E-state index >= 15 is 0 Å². The van der Waals surface area contributed by atoms with Crippen LogP contribution in [-0.4, -0.2) is 24.6 Å². The number of ether oxygens (including phenoxy) is 1. The Hall–Kier alpha value is -1.20. The Morgan fingerprint density at radius 2 is 2.08 bits per heavy atom. The highest BCUT2D eigenvalue weighted by Crippen LogP contribution is 2.24. The Bertz CT molecular complexity index is 730. The van der Waals surface area contributed by atoms with Crippen LogP contribution < -0.4 is 15.4 Å². The lowest BCUT2D eigenvalue weighted by Crippen LogP contribution is -2.36. The number of halogens is 4. The summed E-state index contributed by atoms with van der Waals surface area (Å²) in [5.74, 6) is 0.603. The standard InChI is InChI=1S/C16H19ClF2N4OS.HI/c1-3-12-8-21-14(25-12)9-23-16(20-2)22-7-10-6-11(17)4-5-13(10)24-15(18)19;/h4-6,8,15H,3,7,9H2,1-2H3,(H2,20,22,23);1H. The van der Waals surface area contributed by atoms with E-state index in [-0.39, 0.29) is 36.3 Å². The summed E-state index contributed by atoms with van der Waals surface area (Å²) < 4.78 is 29.5. The van der Waals surface area contributed by atoms with E-state index in [0.29, 0.717) is 23.1 Å². The summed E-state index contributed by atoms with van der Waals surface area (Å²) in [5.41, 5.74) is 0.512. The Balaban J connectivity index is 0.00000338. The number of aromatic nitrogens is 1. The van der Waals surface area contributed by atoms with Crippen molar-refractivity contribution in [2.45, 2.75) is 33.0 Å². The topological polar surface area (TPSA) is 58.5 Å². The number of alkyl halides is 2. The minimum Gasteiger partial charge on any atom is -0.434 e. The summed E-state index contributed by atoms with van der Waals surface area (Å²) in [6, 6.07) is 4.50. The van der Waals surface area contributed by atoms with Gasteiger partial charge in [0.05, 0.1) is 6.54 Å². The zero-order valence-corrected chi connectivity index (χ0v) is 18.2. The molecule has 2 N–H and O–H groups in total. The molecule has 0 saturated heterocycles. The minimum absolute atomic E-state index is 0. The first-order chi connectivity index (χ1) is 12.0. The molecule has 0 spiro atoms. The number of nitrogens with one attached hydrogen (secondary N) is 2. The summed E-state index contributed by atoms with van der Waals surface area (Å²) >= 11 is 7.57. The molecule has 1 heterocycles. The molecule has 0 aliphatic heterocycles. The Kier molecular flexibility index (Phi) is 10.1. The molecule has 5 nitrogen and oxygen atoms in total. The van der Waals surface area contributed by atoms with Crippen LogP contribution in [0.2, 0.25) is 5.02 Å². The maximum absolute atomic E-state index is 12.5. The van der Waals surface area contributed by atoms with Crippen LogP contribution in [0, 0.1) is 0 Å². The normalized spacial score (nSPS) is 11.2. The van der Waals surface area contributed by atoms with Crippen LogP contribution in [0.4, 0.5) is 8.78 Å². The van der Waals surface area contributed by atoms with Gasteiger partial charge in [-0.05, 0) is 24.6 Å². The Labute approximate surface area is 177 Å². The van der Waals surface area contributed by atoms with Crippen LogP contribution in [0.3, 0.4) is 0 Å². The smallest absolute Gasteiger partial charge is 0.387 e. The fourth-order valence-electron chi connectivity index (χ4n) is 2.05. The quantitative estimate of drug-likeness (QED) is 0.324. The van der Waals surface area contributed by atoms with E-state index < -0.39 is 6.61 Å². The summed E-state index contributed by atoms with van der Waals surface area (Å²) in [6.07, 6.45) is 2.81. The van der Waals surface area contributed by atoms with Gasteiger partial charge in [-0.1, -0.05) is 18.5 Å². The molecule has 2 rings (SSSR count). The molecule has 0 fully saturated rings. The van der Waals surface area contributed by atoms with Gasteiger partial charge in [-0.2, -0.15) is 8.78 Å². The maximum atomic E-state index is 12.5. The first kappa shape index (κ1) is 22.8. The highest BCUT2D eigenvalue weighted by Gasteiger charge is 2.11. The van der Waals surface area contributed by atoms with Crippen LogP contribution in [-0.2, 0) is 19.5 Å². The minimum atomic E-state index is -2.89. The van der Waals surface area contributed by atoms with Crippen LogP contribution in [0.25, 0.3) is 0 Å². The fourth-order valence-corrected chi connectivity index (χ4v) is 3.05. The highest BCUT2D eigenvalue weighted by molar-refractivity contribution is 14.0. The van der Waals surface area contributed by atoms with Gasteiger partial charge < -0.3 is 15.4 Å². The molecule has 0 amide bonds. The van der Waals surface area contributed by atoms with Gasteiger partial charge >= 0.3 is 6.61 Å². The molecular weight excluding hydrogens is 497 g/mol. The first-order valence-electron chi connectivity index (χ1n) is 7.63. The van der Waals surface area contributed by atoms with Crippen molar-refractivity contribution in [1.29, 1.82) is 0 Å². The van der Waals surface area contributed by atoms with E-state index in [9.17, 15) is 8.78 Å². The third-order valence-corrected chi connectivity index (χ3v) is 4.64. The van der Waals surface area contributed by atoms with Gasteiger partial charge in [-0.15, -0.1) is 35.3 Å². The van der Waals surface area contributed by atoms with Crippen LogP contribution in [0.1, 0.15) is 22.4 Å². The molecule has 2 aromatic rings. The third kappa shape index (κ3) is 7.20. The number of thiazole rings is 1.